The number of unbranched alkanes of at least 4 members (excludes halogenated alkanes) is 1. The molecule has 2 unspecified atom stereocenters. The third-order valence-electron chi connectivity index (χ3n) is 3.21. The Kier molecular flexibility index (Phi) is 8.26. The van der Waals surface area contributed by atoms with E-state index in [1.54, 1.807) is 0 Å². The molecule has 1 rings (SSSR count). The molecular formula is C16H27NO3. The Balaban J connectivity index is 2.27. The number of hydrogen-bond donors (Lipinski definition) is 2. The van der Waals surface area contributed by atoms with E-state index in [9.17, 15) is 5.11 Å². The molecular weight excluding hydrogens is 254 g/mol. The summed E-state index contributed by atoms with van der Waals surface area (Å²) in [6.07, 6.45) is 1.55. The van der Waals surface area contributed by atoms with Crippen LogP contribution in [0.25, 0.3) is 0 Å². The first kappa shape index (κ1) is 17.0. The van der Waals surface area contributed by atoms with E-state index in [1.807, 2.05) is 31.3 Å². The highest BCUT2D eigenvalue weighted by molar-refractivity contribution is 5.28. The van der Waals surface area contributed by atoms with Gasteiger partial charge in [0.25, 0.3) is 0 Å². The zero-order valence-electron chi connectivity index (χ0n) is 12.8. The van der Waals surface area contributed by atoms with Gasteiger partial charge >= 0.3 is 0 Å². The van der Waals surface area contributed by atoms with Gasteiger partial charge in [0.1, 0.15) is 18.5 Å². The Bertz CT molecular complexity index is 353. The van der Waals surface area contributed by atoms with Crippen molar-refractivity contribution in [2.45, 2.75) is 38.8 Å². The van der Waals surface area contributed by atoms with Gasteiger partial charge in [-0.1, -0.05) is 25.5 Å². The van der Waals surface area contributed by atoms with Gasteiger partial charge in [0, 0.05) is 12.6 Å². The fraction of sp³-hybridized carbons (Fsp3) is 0.625. The summed E-state index contributed by atoms with van der Waals surface area (Å²) in [5.74, 6) is 0.768. The van der Waals surface area contributed by atoms with Gasteiger partial charge in [0.2, 0.25) is 0 Å². The summed E-state index contributed by atoms with van der Waals surface area (Å²) in [6, 6.07) is 8.23. The van der Waals surface area contributed by atoms with Gasteiger partial charge in [-0.3, -0.25) is 0 Å². The molecule has 0 radical (unpaired) electrons. The molecule has 2 N–H and O–H groups in total. The Morgan fingerprint density at radius 2 is 1.90 bits per heavy atom. The largest absolute Gasteiger partial charge is 0.491 e. The Hall–Kier alpha value is -1.10. The molecule has 114 valence electrons. The second-order valence-electron chi connectivity index (χ2n) is 4.97. The van der Waals surface area contributed by atoms with Crippen LogP contribution in [0.2, 0.25) is 0 Å². The molecule has 1 aromatic rings. The Labute approximate surface area is 122 Å². The van der Waals surface area contributed by atoms with Crippen molar-refractivity contribution in [2.24, 2.45) is 0 Å². The maximum Gasteiger partial charge on any atom is 0.119 e. The quantitative estimate of drug-likeness (QED) is 0.647. The van der Waals surface area contributed by atoms with E-state index in [0.29, 0.717) is 19.3 Å². The van der Waals surface area contributed by atoms with Gasteiger partial charge in [-0.05, 0) is 38.1 Å². The monoisotopic (exact) mass is 281 g/mol. The van der Waals surface area contributed by atoms with Gasteiger partial charge < -0.3 is 19.9 Å². The first-order chi connectivity index (χ1) is 9.67. The van der Waals surface area contributed by atoms with E-state index >= 15 is 0 Å². The SMILES string of the molecule is CCCCOCC(O)COc1ccc(C(C)NC)cc1. The summed E-state index contributed by atoms with van der Waals surface area (Å²) >= 11 is 0. The van der Waals surface area contributed by atoms with Crippen molar-refractivity contribution in [3.8, 4) is 5.75 Å². The van der Waals surface area contributed by atoms with Crippen molar-refractivity contribution < 1.29 is 14.6 Å². The lowest BCUT2D eigenvalue weighted by atomic mass is 10.1. The summed E-state index contributed by atoms with van der Waals surface area (Å²) in [5.41, 5.74) is 1.21. The normalized spacial score (nSPS) is 14.0. The lowest BCUT2D eigenvalue weighted by molar-refractivity contribution is 0.0113. The maximum atomic E-state index is 9.73. The van der Waals surface area contributed by atoms with Gasteiger partial charge in [-0.15, -0.1) is 0 Å². The van der Waals surface area contributed by atoms with Crippen LogP contribution in [0.15, 0.2) is 24.3 Å². The summed E-state index contributed by atoms with van der Waals surface area (Å²) in [6.45, 7) is 5.50. The molecule has 4 nitrogen and oxygen atoms in total. The van der Waals surface area contributed by atoms with Gasteiger partial charge in [-0.25, -0.2) is 0 Å². The molecule has 0 aliphatic carbocycles. The van der Waals surface area contributed by atoms with Crippen LogP contribution in [0.1, 0.15) is 38.3 Å². The molecule has 0 saturated heterocycles. The molecule has 0 fully saturated rings. The van der Waals surface area contributed by atoms with E-state index in [2.05, 4.69) is 19.2 Å². The summed E-state index contributed by atoms with van der Waals surface area (Å²) in [7, 11) is 1.93. The first-order valence-corrected chi connectivity index (χ1v) is 7.33. The highest BCUT2D eigenvalue weighted by Gasteiger charge is 2.06. The van der Waals surface area contributed by atoms with Gasteiger partial charge in [-0.2, -0.15) is 0 Å². The van der Waals surface area contributed by atoms with E-state index in [1.165, 1.54) is 5.56 Å². The molecule has 0 amide bonds. The molecule has 0 aromatic heterocycles. The van der Waals surface area contributed by atoms with E-state index in [0.717, 1.165) is 18.6 Å². The highest BCUT2D eigenvalue weighted by Crippen LogP contribution is 2.17. The van der Waals surface area contributed by atoms with E-state index < -0.39 is 6.10 Å². The summed E-state index contributed by atoms with van der Waals surface area (Å²) < 4.78 is 10.9. The zero-order valence-corrected chi connectivity index (χ0v) is 12.8. The number of benzene rings is 1. The van der Waals surface area contributed by atoms with Crippen molar-refractivity contribution in [3.63, 3.8) is 0 Å². The third kappa shape index (κ3) is 6.37. The second-order valence-corrected chi connectivity index (χ2v) is 4.97. The minimum atomic E-state index is -0.581. The van der Waals surface area contributed by atoms with Crippen molar-refractivity contribution in [1.29, 1.82) is 0 Å². The summed E-state index contributed by atoms with van der Waals surface area (Å²) in [5, 5.41) is 12.9. The smallest absolute Gasteiger partial charge is 0.119 e. The standard InChI is InChI=1S/C16H27NO3/c1-4-5-10-19-11-15(18)12-20-16-8-6-14(7-9-16)13(2)17-3/h6-9,13,15,17-18H,4-5,10-12H2,1-3H3. The highest BCUT2D eigenvalue weighted by atomic mass is 16.5. The average Bonchev–Trinajstić information content (AvgIpc) is 2.49. The van der Waals surface area contributed by atoms with Crippen LogP contribution in [0.3, 0.4) is 0 Å². The van der Waals surface area contributed by atoms with Crippen LogP contribution in [0.5, 0.6) is 5.75 Å². The number of aliphatic hydroxyl groups is 1. The lowest BCUT2D eigenvalue weighted by Crippen LogP contribution is -2.23. The van der Waals surface area contributed by atoms with Crippen LogP contribution in [-0.4, -0.2) is 38.1 Å². The van der Waals surface area contributed by atoms with Crippen LogP contribution in [0.4, 0.5) is 0 Å². The molecule has 1 aromatic carbocycles. The van der Waals surface area contributed by atoms with Crippen LogP contribution in [0, 0.1) is 0 Å². The molecule has 0 spiro atoms. The number of aliphatic hydroxyl groups excluding tert-OH is 1. The molecule has 0 saturated carbocycles. The fourth-order valence-electron chi connectivity index (χ4n) is 1.73. The van der Waals surface area contributed by atoms with Gasteiger partial charge in [0.15, 0.2) is 0 Å². The van der Waals surface area contributed by atoms with Crippen LogP contribution >= 0.6 is 0 Å². The molecule has 0 aliphatic rings. The van der Waals surface area contributed by atoms with Crippen LogP contribution in [-0.2, 0) is 4.74 Å². The third-order valence-corrected chi connectivity index (χ3v) is 3.21. The molecule has 4 heteroatoms. The molecule has 20 heavy (non-hydrogen) atoms. The van der Waals surface area contributed by atoms with Crippen molar-refractivity contribution in [1.82, 2.24) is 5.32 Å². The predicted octanol–water partition coefficient (Wildman–Crippen LogP) is 2.52. The average molecular weight is 281 g/mol. The molecule has 0 bridgehead atoms. The zero-order chi connectivity index (χ0) is 14.8. The number of nitrogens with one attached hydrogen (secondary N) is 1. The second kappa shape index (κ2) is 9.75. The molecule has 0 aliphatic heterocycles. The fourth-order valence-corrected chi connectivity index (χ4v) is 1.73. The van der Waals surface area contributed by atoms with Crippen LogP contribution < -0.4 is 10.1 Å². The van der Waals surface area contributed by atoms with Crippen molar-refractivity contribution in [3.05, 3.63) is 29.8 Å². The minimum absolute atomic E-state index is 0.257. The Morgan fingerprint density at radius 3 is 2.50 bits per heavy atom. The first-order valence-electron chi connectivity index (χ1n) is 7.33. The number of ether oxygens (including phenoxy) is 2. The topological polar surface area (TPSA) is 50.7 Å². The lowest BCUT2D eigenvalue weighted by Gasteiger charge is -2.14. The van der Waals surface area contributed by atoms with Gasteiger partial charge in [0.05, 0.1) is 6.61 Å². The predicted molar refractivity (Wildman–Crippen MR) is 81.1 cm³/mol. The number of hydrogen-bond acceptors (Lipinski definition) is 4. The van der Waals surface area contributed by atoms with Crippen molar-refractivity contribution >= 4 is 0 Å². The molecule has 2 atom stereocenters. The van der Waals surface area contributed by atoms with Crippen molar-refractivity contribution in [2.75, 3.05) is 26.9 Å². The molecule has 0 heterocycles. The van der Waals surface area contributed by atoms with E-state index in [-0.39, 0.29) is 6.61 Å². The minimum Gasteiger partial charge on any atom is -0.491 e. The Morgan fingerprint density at radius 1 is 1.20 bits per heavy atom. The number of rotatable bonds is 10. The van der Waals surface area contributed by atoms with E-state index in [4.69, 9.17) is 9.47 Å². The summed E-state index contributed by atoms with van der Waals surface area (Å²) in [4.78, 5) is 0. The maximum absolute atomic E-state index is 9.73.